The average Bonchev–Trinajstić information content (AvgIpc) is 2.95. The van der Waals surface area contributed by atoms with E-state index in [1.807, 2.05) is 36.4 Å². The van der Waals surface area contributed by atoms with Crippen LogP contribution >= 0.6 is 11.6 Å². The molecule has 5 rings (SSSR count). The Kier molecular flexibility index (Phi) is 3.52. The summed E-state index contributed by atoms with van der Waals surface area (Å²) in [5, 5.41) is 1.50. The molecular formula is C21H18ClN3O. The standard InChI is InChI=1S/C21H18ClN3O/c1-24-8-10-25(11-9-24)21-19-14-7-6-13(22)12-16(14)20(26)18(19)15-4-2-3-5-17(15)23-21/h2-7,12H,8-11H2,1H3. The van der Waals surface area contributed by atoms with Gasteiger partial charge >= 0.3 is 0 Å². The summed E-state index contributed by atoms with van der Waals surface area (Å²) in [6, 6.07) is 13.5. The lowest BCUT2D eigenvalue weighted by Gasteiger charge is -2.34. The Bertz CT molecular complexity index is 1050. The maximum absolute atomic E-state index is 13.2. The number of nitrogens with zero attached hydrogens (tertiary/aromatic N) is 3. The van der Waals surface area contributed by atoms with Crippen molar-refractivity contribution in [3.05, 3.63) is 58.6 Å². The van der Waals surface area contributed by atoms with Crippen LogP contribution in [0.2, 0.25) is 5.02 Å². The van der Waals surface area contributed by atoms with Crippen LogP contribution in [-0.4, -0.2) is 48.9 Å². The number of rotatable bonds is 1. The normalized spacial score (nSPS) is 16.8. The molecule has 1 aromatic heterocycles. The number of fused-ring (bicyclic) bond motifs is 5. The molecule has 2 heterocycles. The lowest BCUT2D eigenvalue weighted by Crippen LogP contribution is -2.45. The van der Waals surface area contributed by atoms with E-state index in [-0.39, 0.29) is 5.78 Å². The maximum Gasteiger partial charge on any atom is 0.195 e. The molecule has 1 aliphatic heterocycles. The van der Waals surface area contributed by atoms with E-state index in [0.717, 1.165) is 59.6 Å². The molecule has 26 heavy (non-hydrogen) atoms. The molecule has 0 atom stereocenters. The van der Waals surface area contributed by atoms with Crippen LogP contribution in [0.25, 0.3) is 22.0 Å². The second-order valence-electron chi connectivity index (χ2n) is 7.01. The lowest BCUT2D eigenvalue weighted by atomic mass is 10.0. The molecule has 0 radical (unpaired) electrons. The van der Waals surface area contributed by atoms with Gasteiger partial charge in [-0.15, -0.1) is 0 Å². The van der Waals surface area contributed by atoms with Gasteiger partial charge in [-0.05, 0) is 30.8 Å². The summed E-state index contributed by atoms with van der Waals surface area (Å²) < 4.78 is 0. The monoisotopic (exact) mass is 363 g/mol. The lowest BCUT2D eigenvalue weighted by molar-refractivity contribution is 0.104. The number of piperazine rings is 1. The molecule has 0 amide bonds. The molecule has 0 bridgehead atoms. The van der Waals surface area contributed by atoms with E-state index in [0.29, 0.717) is 10.6 Å². The van der Waals surface area contributed by atoms with Gasteiger partial charge in [0.15, 0.2) is 5.78 Å². The summed E-state index contributed by atoms with van der Waals surface area (Å²) in [6.07, 6.45) is 0. The van der Waals surface area contributed by atoms with Crippen molar-refractivity contribution in [1.82, 2.24) is 9.88 Å². The summed E-state index contributed by atoms with van der Waals surface area (Å²) in [4.78, 5) is 22.8. The first-order chi connectivity index (χ1) is 12.6. The summed E-state index contributed by atoms with van der Waals surface area (Å²) >= 11 is 6.17. The number of hydrogen-bond acceptors (Lipinski definition) is 4. The Hall–Kier alpha value is -2.43. The molecule has 4 nitrogen and oxygen atoms in total. The number of para-hydroxylation sites is 1. The van der Waals surface area contributed by atoms with Crippen molar-refractivity contribution in [2.45, 2.75) is 0 Å². The molecule has 2 aromatic carbocycles. The first kappa shape index (κ1) is 15.8. The number of carbonyl (C=O) groups excluding carboxylic acids is 1. The number of anilines is 1. The van der Waals surface area contributed by atoms with Crippen LogP contribution in [0.5, 0.6) is 0 Å². The largest absolute Gasteiger partial charge is 0.353 e. The molecule has 2 aliphatic rings. The molecule has 0 unspecified atom stereocenters. The van der Waals surface area contributed by atoms with Crippen LogP contribution in [0.4, 0.5) is 5.82 Å². The average molecular weight is 364 g/mol. The van der Waals surface area contributed by atoms with Gasteiger partial charge in [0.05, 0.1) is 5.52 Å². The fourth-order valence-electron chi connectivity index (χ4n) is 3.99. The van der Waals surface area contributed by atoms with Crippen molar-refractivity contribution >= 4 is 34.1 Å². The van der Waals surface area contributed by atoms with Gasteiger partial charge in [-0.2, -0.15) is 0 Å². The molecule has 3 aromatic rings. The molecule has 1 fully saturated rings. The van der Waals surface area contributed by atoms with Gasteiger partial charge in [-0.25, -0.2) is 4.98 Å². The number of pyridine rings is 1. The number of likely N-dealkylation sites (N-methyl/N-ethyl adjacent to an activating group) is 1. The molecular weight excluding hydrogens is 346 g/mol. The minimum Gasteiger partial charge on any atom is -0.353 e. The van der Waals surface area contributed by atoms with E-state index in [1.165, 1.54) is 0 Å². The van der Waals surface area contributed by atoms with Gasteiger partial charge < -0.3 is 9.80 Å². The van der Waals surface area contributed by atoms with Gasteiger partial charge in [0.1, 0.15) is 5.82 Å². The third-order valence-electron chi connectivity index (χ3n) is 5.40. The smallest absolute Gasteiger partial charge is 0.195 e. The Morgan fingerprint density at radius 3 is 2.54 bits per heavy atom. The van der Waals surface area contributed by atoms with Crippen LogP contribution in [0.3, 0.4) is 0 Å². The number of hydrogen-bond donors (Lipinski definition) is 0. The van der Waals surface area contributed by atoms with Crippen molar-refractivity contribution in [3.63, 3.8) is 0 Å². The Labute approximate surface area is 157 Å². The third-order valence-corrected chi connectivity index (χ3v) is 5.63. The number of ketones is 1. The predicted octanol–water partition coefficient (Wildman–Crippen LogP) is 3.85. The fraction of sp³-hybridized carbons (Fsp3) is 0.238. The van der Waals surface area contributed by atoms with Crippen molar-refractivity contribution in [3.8, 4) is 11.1 Å². The Morgan fingerprint density at radius 1 is 0.962 bits per heavy atom. The highest BCUT2D eigenvalue weighted by atomic mass is 35.5. The number of aromatic nitrogens is 1. The van der Waals surface area contributed by atoms with Crippen LogP contribution in [-0.2, 0) is 0 Å². The second kappa shape index (κ2) is 5.79. The van der Waals surface area contributed by atoms with Gasteiger partial charge in [0, 0.05) is 53.3 Å². The zero-order valence-corrected chi connectivity index (χ0v) is 15.3. The first-order valence-electron chi connectivity index (χ1n) is 8.84. The van der Waals surface area contributed by atoms with Gasteiger partial charge in [0.25, 0.3) is 0 Å². The highest BCUT2D eigenvalue weighted by molar-refractivity contribution is 6.33. The zero-order valence-electron chi connectivity index (χ0n) is 14.5. The van der Waals surface area contributed by atoms with E-state index < -0.39 is 0 Å². The molecule has 5 heteroatoms. The van der Waals surface area contributed by atoms with Crippen molar-refractivity contribution in [2.75, 3.05) is 38.1 Å². The second-order valence-corrected chi connectivity index (χ2v) is 7.45. The highest BCUT2D eigenvalue weighted by Gasteiger charge is 2.34. The summed E-state index contributed by atoms with van der Waals surface area (Å²) in [5.74, 6) is 0.965. The third kappa shape index (κ3) is 2.26. The van der Waals surface area contributed by atoms with E-state index >= 15 is 0 Å². The SMILES string of the molecule is CN1CCN(c2nc3ccccc3c3c2-c2ccc(Cl)cc2C3=O)CC1. The quantitative estimate of drug-likeness (QED) is 0.514. The summed E-state index contributed by atoms with van der Waals surface area (Å²) in [5.41, 5.74) is 4.22. The molecule has 1 saturated heterocycles. The van der Waals surface area contributed by atoms with Crippen molar-refractivity contribution in [2.24, 2.45) is 0 Å². The minimum atomic E-state index is 0.0477. The van der Waals surface area contributed by atoms with Crippen molar-refractivity contribution < 1.29 is 4.79 Å². The van der Waals surface area contributed by atoms with Crippen LogP contribution in [0.1, 0.15) is 15.9 Å². The molecule has 130 valence electrons. The Balaban J connectivity index is 1.81. The molecule has 0 N–H and O–H groups in total. The molecule has 1 aliphatic carbocycles. The number of carbonyl (C=O) groups is 1. The molecule has 0 saturated carbocycles. The predicted molar refractivity (Wildman–Crippen MR) is 105 cm³/mol. The number of halogens is 1. The van der Waals surface area contributed by atoms with Crippen LogP contribution < -0.4 is 4.90 Å². The van der Waals surface area contributed by atoms with E-state index in [1.54, 1.807) is 6.07 Å². The van der Waals surface area contributed by atoms with Gasteiger partial charge in [0.2, 0.25) is 0 Å². The first-order valence-corrected chi connectivity index (χ1v) is 9.22. The van der Waals surface area contributed by atoms with Gasteiger partial charge in [-0.3, -0.25) is 4.79 Å². The van der Waals surface area contributed by atoms with E-state index in [9.17, 15) is 4.79 Å². The minimum absolute atomic E-state index is 0.0477. The topological polar surface area (TPSA) is 36.4 Å². The summed E-state index contributed by atoms with van der Waals surface area (Å²) in [6.45, 7) is 3.80. The molecule has 0 spiro atoms. The fourth-order valence-corrected chi connectivity index (χ4v) is 4.17. The van der Waals surface area contributed by atoms with Crippen molar-refractivity contribution in [1.29, 1.82) is 0 Å². The Morgan fingerprint density at radius 2 is 1.73 bits per heavy atom. The van der Waals surface area contributed by atoms with Crippen LogP contribution in [0, 0.1) is 0 Å². The maximum atomic E-state index is 13.2. The van der Waals surface area contributed by atoms with E-state index in [4.69, 9.17) is 16.6 Å². The highest BCUT2D eigenvalue weighted by Crippen LogP contribution is 2.45. The zero-order chi connectivity index (χ0) is 17.8. The van der Waals surface area contributed by atoms with Crippen LogP contribution in [0.15, 0.2) is 42.5 Å². The summed E-state index contributed by atoms with van der Waals surface area (Å²) in [7, 11) is 2.14. The number of benzene rings is 2. The van der Waals surface area contributed by atoms with E-state index in [2.05, 4.69) is 16.8 Å². The van der Waals surface area contributed by atoms with Gasteiger partial charge in [-0.1, -0.05) is 35.9 Å².